The Morgan fingerprint density at radius 1 is 1.18 bits per heavy atom. The zero-order valence-corrected chi connectivity index (χ0v) is 16.0. The molecular formula is C22H24N3O3+. The first-order chi connectivity index (χ1) is 13.5. The summed E-state index contributed by atoms with van der Waals surface area (Å²) in [5, 5.41) is 21.3. The smallest absolute Gasteiger partial charge is 0.407 e. The van der Waals surface area contributed by atoms with Crippen LogP contribution in [0.15, 0.2) is 60.5 Å². The molecule has 0 spiro atoms. The maximum Gasteiger partial charge on any atom is 0.407 e. The predicted molar refractivity (Wildman–Crippen MR) is 107 cm³/mol. The number of amides is 1. The average Bonchev–Trinajstić information content (AvgIpc) is 3.00. The number of aliphatic hydroxyl groups excluding tert-OH is 1. The third-order valence-corrected chi connectivity index (χ3v) is 4.89. The van der Waals surface area contributed by atoms with E-state index in [1.165, 1.54) is 0 Å². The summed E-state index contributed by atoms with van der Waals surface area (Å²) in [4.78, 5) is 15.2. The number of nitrogens with one attached hydrogen (secondary N) is 1. The fraction of sp³-hybridized carbons (Fsp3) is 0.318. The Balaban J connectivity index is 1.71. The second kappa shape index (κ2) is 8.57. The highest BCUT2D eigenvalue weighted by Gasteiger charge is 2.29. The van der Waals surface area contributed by atoms with Crippen molar-refractivity contribution in [2.75, 3.05) is 6.61 Å². The van der Waals surface area contributed by atoms with Crippen molar-refractivity contribution in [3.8, 4) is 11.1 Å². The Bertz CT molecular complexity index is 885. The highest BCUT2D eigenvalue weighted by Crippen LogP contribution is 2.44. The fourth-order valence-electron chi connectivity index (χ4n) is 3.66. The lowest BCUT2D eigenvalue weighted by atomic mass is 9.98. The molecule has 0 saturated heterocycles. The van der Waals surface area contributed by atoms with Gasteiger partial charge >= 0.3 is 12.3 Å². The van der Waals surface area contributed by atoms with Gasteiger partial charge in [-0.15, -0.1) is 0 Å². The maximum atomic E-state index is 12.4. The minimum absolute atomic E-state index is 0.0294. The van der Waals surface area contributed by atoms with Crippen LogP contribution < -0.4 is 5.32 Å². The first-order valence-corrected chi connectivity index (χ1v) is 9.36. The number of carbonyl (C=O) groups is 1. The molecule has 6 heteroatoms. The minimum Gasteiger partial charge on any atom is -0.504 e. The zero-order valence-electron chi connectivity index (χ0n) is 16.0. The van der Waals surface area contributed by atoms with E-state index in [1.807, 2.05) is 38.1 Å². The number of fused-ring (bicyclic) bond motifs is 3. The van der Waals surface area contributed by atoms with Gasteiger partial charge in [0, 0.05) is 5.92 Å². The van der Waals surface area contributed by atoms with E-state index in [0.29, 0.717) is 6.42 Å². The second-order valence-electron chi connectivity index (χ2n) is 7.32. The molecule has 1 aliphatic carbocycles. The maximum absolute atomic E-state index is 12.4. The molecular weight excluding hydrogens is 354 g/mol. The first-order valence-electron chi connectivity index (χ1n) is 9.36. The number of diazo groups is 1. The Labute approximate surface area is 164 Å². The zero-order chi connectivity index (χ0) is 20.1. The summed E-state index contributed by atoms with van der Waals surface area (Å²) in [5.74, 6) is -0.0314. The molecule has 2 N–H and O–H groups in total. The highest BCUT2D eigenvalue weighted by molar-refractivity contribution is 5.79. The van der Waals surface area contributed by atoms with Crippen molar-refractivity contribution in [3.05, 3.63) is 76.6 Å². The topological polar surface area (TPSA) is 86.7 Å². The minimum atomic E-state index is -0.674. The van der Waals surface area contributed by atoms with Gasteiger partial charge in [-0.05, 0) is 34.6 Å². The van der Waals surface area contributed by atoms with Gasteiger partial charge in [0.2, 0.25) is 11.2 Å². The molecule has 3 rings (SSSR count). The molecule has 2 aromatic rings. The molecule has 0 unspecified atom stereocenters. The summed E-state index contributed by atoms with van der Waals surface area (Å²) in [5.41, 5.74) is 4.60. The summed E-state index contributed by atoms with van der Waals surface area (Å²) in [6.07, 6.45) is 0.782. The monoisotopic (exact) mass is 378 g/mol. The van der Waals surface area contributed by atoms with Crippen LogP contribution in [0, 0.1) is 11.3 Å². The van der Waals surface area contributed by atoms with Crippen molar-refractivity contribution in [1.29, 1.82) is 5.39 Å². The van der Waals surface area contributed by atoms with Crippen molar-refractivity contribution in [2.24, 2.45) is 5.92 Å². The standard InChI is InChI=1S/C22H23N3O3/c1-14(2)11-20(21(26)12-24-23)25-22(27)28-13-19-17-9-5-3-7-15(17)16-8-4-6-10-18(16)19/h3-10,12,14,19-20H,11,13H2,1-2H3,(H-,25,26,27)/p+1/b21-12-/t20-/m0/s1. The lowest BCUT2D eigenvalue weighted by Gasteiger charge is -2.19. The lowest BCUT2D eigenvalue weighted by molar-refractivity contribution is 0.136. The van der Waals surface area contributed by atoms with Gasteiger partial charge in [-0.1, -0.05) is 62.4 Å². The second-order valence-corrected chi connectivity index (χ2v) is 7.32. The van der Waals surface area contributed by atoms with E-state index in [9.17, 15) is 9.90 Å². The number of ether oxygens (including phenoxy) is 1. The number of nitrogens with zero attached hydrogens (tertiary/aromatic N) is 2. The summed E-state index contributed by atoms with van der Waals surface area (Å²) >= 11 is 0. The van der Waals surface area contributed by atoms with Gasteiger partial charge in [0.15, 0.2) is 4.98 Å². The molecule has 0 aliphatic heterocycles. The average molecular weight is 378 g/mol. The van der Waals surface area contributed by atoms with Crippen molar-refractivity contribution >= 4 is 6.09 Å². The van der Waals surface area contributed by atoms with E-state index < -0.39 is 12.1 Å². The number of aliphatic hydroxyl groups is 1. The van der Waals surface area contributed by atoms with E-state index in [-0.39, 0.29) is 24.2 Å². The van der Waals surface area contributed by atoms with Gasteiger partial charge in [0.25, 0.3) is 0 Å². The van der Waals surface area contributed by atoms with Crippen LogP contribution in [0.4, 0.5) is 4.79 Å². The summed E-state index contributed by atoms with van der Waals surface area (Å²) in [6, 6.07) is 15.6. The van der Waals surface area contributed by atoms with E-state index in [4.69, 9.17) is 10.1 Å². The normalized spacial score (nSPS) is 14.1. The number of hydrogen-bond donors (Lipinski definition) is 2. The van der Waals surface area contributed by atoms with Crippen LogP contribution in [-0.2, 0) is 4.74 Å². The Kier molecular flexibility index (Phi) is 5.95. The molecule has 0 bridgehead atoms. The third kappa shape index (κ3) is 4.15. The van der Waals surface area contributed by atoms with Gasteiger partial charge in [-0.25, -0.2) is 4.79 Å². The molecule has 1 aliphatic rings. The molecule has 28 heavy (non-hydrogen) atoms. The van der Waals surface area contributed by atoms with E-state index >= 15 is 0 Å². The van der Waals surface area contributed by atoms with Gasteiger partial charge in [0.1, 0.15) is 6.61 Å². The van der Waals surface area contributed by atoms with Crippen LogP contribution in [0.3, 0.4) is 0 Å². The van der Waals surface area contributed by atoms with E-state index in [0.717, 1.165) is 28.5 Å². The van der Waals surface area contributed by atoms with Gasteiger partial charge in [0.05, 0.1) is 6.04 Å². The molecule has 0 radical (unpaired) electrons. The lowest BCUT2D eigenvalue weighted by Crippen LogP contribution is -2.38. The SMILES string of the molecule is CC(C)C[C@H](NC(=O)OCC1c2ccccc2-c2ccccc21)/C(O)=C/[N+]#N. The van der Waals surface area contributed by atoms with Crippen LogP contribution >= 0.6 is 0 Å². The highest BCUT2D eigenvalue weighted by atomic mass is 16.5. The quantitative estimate of drug-likeness (QED) is 0.535. The Morgan fingerprint density at radius 3 is 2.29 bits per heavy atom. The number of carbonyl (C=O) groups excluding carboxylic acids is 1. The van der Waals surface area contributed by atoms with Crippen molar-refractivity contribution in [2.45, 2.75) is 32.2 Å². The molecule has 1 amide bonds. The molecule has 144 valence electrons. The Hall–Kier alpha value is -3.33. The van der Waals surface area contributed by atoms with Gasteiger partial charge in [-0.2, -0.15) is 0 Å². The summed E-state index contributed by atoms with van der Waals surface area (Å²) in [7, 11) is 0. The molecule has 0 fully saturated rings. The fourth-order valence-corrected chi connectivity index (χ4v) is 3.66. The van der Waals surface area contributed by atoms with Gasteiger partial charge in [-0.3, -0.25) is 0 Å². The van der Waals surface area contributed by atoms with Crippen LogP contribution in [-0.4, -0.2) is 23.8 Å². The number of hydrogen-bond acceptors (Lipinski definition) is 4. The largest absolute Gasteiger partial charge is 0.504 e. The number of alkyl carbamates (subject to hydrolysis) is 1. The molecule has 0 saturated carbocycles. The third-order valence-electron chi connectivity index (χ3n) is 4.89. The first kappa shape index (κ1) is 19.4. The van der Waals surface area contributed by atoms with Crippen molar-refractivity contribution in [1.82, 2.24) is 5.32 Å². The number of benzene rings is 2. The molecule has 0 aromatic heterocycles. The van der Waals surface area contributed by atoms with Gasteiger partial charge < -0.3 is 15.2 Å². The molecule has 6 nitrogen and oxygen atoms in total. The predicted octanol–water partition coefficient (Wildman–Crippen LogP) is 5.19. The summed E-state index contributed by atoms with van der Waals surface area (Å²) in [6.45, 7) is 4.13. The number of rotatable bonds is 6. The molecule has 0 heterocycles. The summed E-state index contributed by atoms with van der Waals surface area (Å²) < 4.78 is 5.50. The van der Waals surface area contributed by atoms with Crippen LogP contribution in [0.5, 0.6) is 0 Å². The van der Waals surface area contributed by atoms with Crippen LogP contribution in [0.2, 0.25) is 0 Å². The molecule has 1 atom stereocenters. The van der Waals surface area contributed by atoms with Crippen molar-refractivity contribution < 1.29 is 14.6 Å². The van der Waals surface area contributed by atoms with E-state index in [2.05, 4.69) is 34.6 Å². The molecule has 2 aromatic carbocycles. The van der Waals surface area contributed by atoms with Crippen LogP contribution in [0.25, 0.3) is 16.1 Å². The van der Waals surface area contributed by atoms with Crippen LogP contribution in [0.1, 0.15) is 37.3 Å². The van der Waals surface area contributed by atoms with Crippen molar-refractivity contribution in [3.63, 3.8) is 0 Å². The Morgan fingerprint density at radius 2 is 1.75 bits per heavy atom. The van der Waals surface area contributed by atoms with E-state index in [1.54, 1.807) is 0 Å².